The van der Waals surface area contributed by atoms with Crippen LogP contribution in [0.15, 0.2) is 53.1 Å². The van der Waals surface area contributed by atoms with E-state index in [2.05, 4.69) is 5.32 Å². The van der Waals surface area contributed by atoms with Crippen molar-refractivity contribution < 1.29 is 18.7 Å². The number of anilines is 1. The van der Waals surface area contributed by atoms with Crippen molar-refractivity contribution in [1.82, 2.24) is 0 Å². The second kappa shape index (κ2) is 6.44. The molecule has 1 amide bonds. The molecular formula is C18H17NO4. The van der Waals surface area contributed by atoms with Crippen molar-refractivity contribution in [1.29, 1.82) is 0 Å². The van der Waals surface area contributed by atoms with Gasteiger partial charge in [0.15, 0.2) is 0 Å². The van der Waals surface area contributed by atoms with Gasteiger partial charge in [-0.1, -0.05) is 0 Å². The molecule has 5 heteroatoms. The van der Waals surface area contributed by atoms with E-state index in [-0.39, 0.29) is 12.3 Å². The molecule has 0 aliphatic carbocycles. The van der Waals surface area contributed by atoms with Crippen LogP contribution < -0.4 is 14.8 Å². The largest absolute Gasteiger partial charge is 0.497 e. The summed E-state index contributed by atoms with van der Waals surface area (Å²) in [6.45, 7) is 0. The minimum Gasteiger partial charge on any atom is -0.497 e. The number of amides is 1. The third kappa shape index (κ3) is 3.29. The van der Waals surface area contributed by atoms with Gasteiger partial charge in [-0.05, 0) is 36.4 Å². The average molecular weight is 311 g/mol. The monoisotopic (exact) mass is 311 g/mol. The lowest BCUT2D eigenvalue weighted by Gasteiger charge is -2.06. The van der Waals surface area contributed by atoms with Crippen molar-refractivity contribution in [2.75, 3.05) is 19.5 Å². The summed E-state index contributed by atoms with van der Waals surface area (Å²) < 4.78 is 15.7. The highest BCUT2D eigenvalue weighted by atomic mass is 16.5. The maximum Gasteiger partial charge on any atom is 0.228 e. The van der Waals surface area contributed by atoms with E-state index in [1.54, 1.807) is 50.8 Å². The van der Waals surface area contributed by atoms with Crippen molar-refractivity contribution in [2.45, 2.75) is 6.42 Å². The lowest BCUT2D eigenvalue weighted by molar-refractivity contribution is -0.115. The van der Waals surface area contributed by atoms with Gasteiger partial charge in [0.05, 0.1) is 26.9 Å². The van der Waals surface area contributed by atoms with E-state index in [4.69, 9.17) is 13.9 Å². The third-order valence-corrected chi connectivity index (χ3v) is 3.59. The number of nitrogens with one attached hydrogen (secondary N) is 1. The molecular weight excluding hydrogens is 294 g/mol. The van der Waals surface area contributed by atoms with Crippen LogP contribution in [0.3, 0.4) is 0 Å². The fourth-order valence-electron chi connectivity index (χ4n) is 2.38. The van der Waals surface area contributed by atoms with Gasteiger partial charge in [0.2, 0.25) is 5.91 Å². The van der Waals surface area contributed by atoms with Gasteiger partial charge in [0.1, 0.15) is 17.1 Å². The highest BCUT2D eigenvalue weighted by Gasteiger charge is 2.11. The van der Waals surface area contributed by atoms with Crippen LogP contribution in [-0.2, 0) is 11.2 Å². The maximum atomic E-state index is 12.2. The average Bonchev–Trinajstić information content (AvgIpc) is 2.97. The number of carbonyl (C=O) groups is 1. The number of carbonyl (C=O) groups excluding carboxylic acids is 1. The zero-order chi connectivity index (χ0) is 16.2. The molecule has 118 valence electrons. The van der Waals surface area contributed by atoms with Crippen LogP contribution in [0.4, 0.5) is 5.69 Å². The van der Waals surface area contributed by atoms with Gasteiger partial charge in [-0.2, -0.15) is 0 Å². The molecule has 3 rings (SSSR count). The number of rotatable bonds is 5. The van der Waals surface area contributed by atoms with Gasteiger partial charge in [-0.3, -0.25) is 4.79 Å². The van der Waals surface area contributed by atoms with Gasteiger partial charge in [0.25, 0.3) is 0 Å². The second-order valence-corrected chi connectivity index (χ2v) is 5.08. The van der Waals surface area contributed by atoms with Crippen LogP contribution in [0.5, 0.6) is 11.5 Å². The Labute approximate surface area is 133 Å². The quantitative estimate of drug-likeness (QED) is 0.781. The topological polar surface area (TPSA) is 60.7 Å². The Hall–Kier alpha value is -2.95. The van der Waals surface area contributed by atoms with E-state index >= 15 is 0 Å². The highest BCUT2D eigenvalue weighted by molar-refractivity contribution is 5.95. The van der Waals surface area contributed by atoms with Gasteiger partial charge in [-0.15, -0.1) is 0 Å². The molecule has 0 radical (unpaired) electrons. The summed E-state index contributed by atoms with van der Waals surface area (Å²) in [7, 11) is 3.21. The molecule has 1 N–H and O–H groups in total. The zero-order valence-corrected chi connectivity index (χ0v) is 13.0. The minimum atomic E-state index is -0.103. The first-order chi connectivity index (χ1) is 11.2. The molecule has 0 saturated carbocycles. The summed E-state index contributed by atoms with van der Waals surface area (Å²) in [5, 5.41) is 3.77. The van der Waals surface area contributed by atoms with Crippen LogP contribution >= 0.6 is 0 Å². The highest BCUT2D eigenvalue weighted by Crippen LogP contribution is 2.26. The zero-order valence-electron chi connectivity index (χ0n) is 13.0. The SMILES string of the molecule is COc1ccc(NC(=O)Cc2coc3cc(OC)ccc23)cc1. The summed E-state index contributed by atoms with van der Waals surface area (Å²) in [6, 6.07) is 12.8. The number of fused-ring (bicyclic) bond motifs is 1. The van der Waals surface area contributed by atoms with E-state index in [1.807, 2.05) is 12.1 Å². The molecule has 23 heavy (non-hydrogen) atoms. The van der Waals surface area contributed by atoms with Crippen molar-refractivity contribution in [3.63, 3.8) is 0 Å². The van der Waals surface area contributed by atoms with Crippen LogP contribution in [0.1, 0.15) is 5.56 Å². The molecule has 0 bridgehead atoms. The molecule has 2 aromatic carbocycles. The molecule has 0 spiro atoms. The molecule has 1 aromatic heterocycles. The van der Waals surface area contributed by atoms with Gasteiger partial charge >= 0.3 is 0 Å². The number of hydrogen-bond acceptors (Lipinski definition) is 4. The van der Waals surface area contributed by atoms with Crippen molar-refractivity contribution in [2.24, 2.45) is 0 Å². The molecule has 1 heterocycles. The van der Waals surface area contributed by atoms with Gasteiger partial charge in [-0.25, -0.2) is 0 Å². The van der Waals surface area contributed by atoms with Gasteiger partial charge < -0.3 is 19.2 Å². The van der Waals surface area contributed by atoms with Crippen LogP contribution in [0, 0.1) is 0 Å². The van der Waals surface area contributed by atoms with E-state index in [0.29, 0.717) is 5.58 Å². The molecule has 0 unspecified atom stereocenters. The molecule has 3 aromatic rings. The van der Waals surface area contributed by atoms with E-state index in [1.165, 1.54) is 0 Å². The standard InChI is InChI=1S/C18H17NO4/c1-21-14-5-3-13(4-6-14)19-18(20)9-12-11-23-17-10-15(22-2)7-8-16(12)17/h3-8,10-11H,9H2,1-2H3,(H,19,20). The lowest BCUT2D eigenvalue weighted by Crippen LogP contribution is -2.14. The molecule has 0 saturated heterocycles. The van der Waals surface area contributed by atoms with E-state index < -0.39 is 0 Å². The Balaban J connectivity index is 1.72. The first-order valence-corrected chi connectivity index (χ1v) is 7.17. The summed E-state index contributed by atoms with van der Waals surface area (Å²) in [6.07, 6.45) is 1.85. The minimum absolute atomic E-state index is 0.103. The molecule has 5 nitrogen and oxygen atoms in total. The Kier molecular flexibility index (Phi) is 4.19. The fourth-order valence-corrected chi connectivity index (χ4v) is 2.38. The normalized spacial score (nSPS) is 10.5. The summed E-state index contributed by atoms with van der Waals surface area (Å²) in [5.74, 6) is 1.37. The summed E-state index contributed by atoms with van der Waals surface area (Å²) in [4.78, 5) is 12.2. The van der Waals surface area contributed by atoms with Crippen LogP contribution in [0.2, 0.25) is 0 Å². The first kappa shape index (κ1) is 15.0. The Bertz CT molecular complexity index is 821. The molecule has 0 atom stereocenters. The van der Waals surface area contributed by atoms with Crippen LogP contribution in [-0.4, -0.2) is 20.1 Å². The fraction of sp³-hybridized carbons (Fsp3) is 0.167. The molecule has 0 aliphatic rings. The van der Waals surface area contributed by atoms with E-state index in [9.17, 15) is 4.79 Å². The van der Waals surface area contributed by atoms with Crippen molar-refractivity contribution >= 4 is 22.6 Å². The molecule has 0 fully saturated rings. The molecule has 0 aliphatic heterocycles. The predicted octanol–water partition coefficient (Wildman–Crippen LogP) is 3.63. The maximum absolute atomic E-state index is 12.2. The summed E-state index contributed by atoms with van der Waals surface area (Å²) >= 11 is 0. The van der Waals surface area contributed by atoms with E-state index in [0.717, 1.165) is 28.1 Å². The van der Waals surface area contributed by atoms with Crippen molar-refractivity contribution in [3.8, 4) is 11.5 Å². The third-order valence-electron chi connectivity index (χ3n) is 3.59. The first-order valence-electron chi connectivity index (χ1n) is 7.17. The number of methoxy groups -OCH3 is 2. The summed E-state index contributed by atoms with van der Waals surface area (Å²) in [5.41, 5.74) is 2.27. The number of ether oxygens (including phenoxy) is 2. The Morgan fingerprint density at radius 2 is 1.74 bits per heavy atom. The van der Waals surface area contributed by atoms with Crippen molar-refractivity contribution in [3.05, 3.63) is 54.3 Å². The number of benzene rings is 2. The predicted molar refractivity (Wildman–Crippen MR) is 88.1 cm³/mol. The Morgan fingerprint density at radius 1 is 1.04 bits per heavy atom. The Morgan fingerprint density at radius 3 is 2.43 bits per heavy atom. The number of furan rings is 1. The smallest absolute Gasteiger partial charge is 0.228 e. The second-order valence-electron chi connectivity index (χ2n) is 5.08. The van der Waals surface area contributed by atoms with Gasteiger partial charge in [0, 0.05) is 22.7 Å². The van der Waals surface area contributed by atoms with Crippen LogP contribution in [0.25, 0.3) is 11.0 Å². The lowest BCUT2D eigenvalue weighted by atomic mass is 10.1. The number of hydrogen-bond donors (Lipinski definition) is 1.